The Bertz CT molecular complexity index is 471. The molecule has 0 amide bonds. The van der Waals surface area contributed by atoms with E-state index in [-0.39, 0.29) is 12.7 Å². The molecule has 1 N–H and O–H groups in total. The second-order valence-electron chi connectivity index (χ2n) is 4.77. The predicted octanol–water partition coefficient (Wildman–Crippen LogP) is 2.37. The van der Waals surface area contributed by atoms with Crippen molar-refractivity contribution in [3.05, 3.63) is 29.3 Å². The van der Waals surface area contributed by atoms with Crippen LogP contribution in [0, 0.1) is 11.8 Å². The van der Waals surface area contributed by atoms with E-state index in [4.69, 9.17) is 19.3 Å². The van der Waals surface area contributed by atoms with Crippen molar-refractivity contribution in [2.45, 2.75) is 33.0 Å². The lowest BCUT2D eigenvalue weighted by atomic mass is 10.1. The zero-order valence-corrected chi connectivity index (χ0v) is 13.0. The predicted molar refractivity (Wildman–Crippen MR) is 82.3 cm³/mol. The number of benzene rings is 1. The Morgan fingerprint density at radius 3 is 2.71 bits per heavy atom. The van der Waals surface area contributed by atoms with Crippen LogP contribution in [0.15, 0.2) is 18.2 Å². The molecule has 0 saturated heterocycles. The maximum atomic E-state index is 8.78. The highest BCUT2D eigenvalue weighted by atomic mass is 16.5. The van der Waals surface area contributed by atoms with E-state index >= 15 is 0 Å². The molecule has 0 saturated carbocycles. The molecule has 21 heavy (non-hydrogen) atoms. The SMILES string of the molecule is COc1ccc(C#CCCO)c(COCCOC(C)C)c1. The molecule has 0 aliphatic rings. The summed E-state index contributed by atoms with van der Waals surface area (Å²) in [6.07, 6.45) is 0.680. The van der Waals surface area contributed by atoms with Crippen molar-refractivity contribution in [2.24, 2.45) is 0 Å². The highest BCUT2D eigenvalue weighted by Crippen LogP contribution is 2.18. The van der Waals surface area contributed by atoms with E-state index in [1.165, 1.54) is 0 Å². The summed E-state index contributed by atoms with van der Waals surface area (Å²) in [5.74, 6) is 6.75. The molecule has 0 aliphatic carbocycles. The van der Waals surface area contributed by atoms with Gasteiger partial charge in [-0.2, -0.15) is 0 Å². The molecule has 0 fully saturated rings. The van der Waals surface area contributed by atoms with Crippen molar-refractivity contribution in [3.63, 3.8) is 0 Å². The molecule has 0 atom stereocenters. The number of hydrogen-bond donors (Lipinski definition) is 1. The summed E-state index contributed by atoms with van der Waals surface area (Å²) in [4.78, 5) is 0. The topological polar surface area (TPSA) is 47.9 Å². The summed E-state index contributed by atoms with van der Waals surface area (Å²) in [5.41, 5.74) is 1.87. The number of hydrogen-bond acceptors (Lipinski definition) is 4. The second-order valence-corrected chi connectivity index (χ2v) is 4.77. The van der Waals surface area contributed by atoms with Crippen LogP contribution in [0.4, 0.5) is 0 Å². The summed E-state index contributed by atoms with van der Waals surface area (Å²) < 4.78 is 16.3. The average molecular weight is 292 g/mol. The van der Waals surface area contributed by atoms with Crippen molar-refractivity contribution >= 4 is 0 Å². The fraction of sp³-hybridized carbons (Fsp3) is 0.529. The Morgan fingerprint density at radius 1 is 1.24 bits per heavy atom. The van der Waals surface area contributed by atoms with Gasteiger partial charge in [-0.15, -0.1) is 0 Å². The second kappa shape index (κ2) is 10.2. The summed E-state index contributed by atoms with van der Waals surface area (Å²) in [6.45, 7) is 5.64. The maximum absolute atomic E-state index is 8.78. The molecular weight excluding hydrogens is 268 g/mol. The Balaban J connectivity index is 2.62. The smallest absolute Gasteiger partial charge is 0.119 e. The van der Waals surface area contributed by atoms with Gasteiger partial charge in [0.05, 0.1) is 39.6 Å². The maximum Gasteiger partial charge on any atom is 0.119 e. The molecule has 4 heteroatoms. The van der Waals surface area contributed by atoms with Gasteiger partial charge in [-0.05, 0) is 37.6 Å². The third kappa shape index (κ3) is 7.14. The van der Waals surface area contributed by atoms with Crippen LogP contribution in [0.25, 0.3) is 0 Å². The molecule has 0 aliphatic heterocycles. The molecule has 0 aromatic heterocycles. The van der Waals surface area contributed by atoms with Crippen molar-refractivity contribution in [1.82, 2.24) is 0 Å². The van der Waals surface area contributed by atoms with Crippen molar-refractivity contribution in [2.75, 3.05) is 26.9 Å². The van der Waals surface area contributed by atoms with Gasteiger partial charge in [0.25, 0.3) is 0 Å². The van der Waals surface area contributed by atoms with Crippen molar-refractivity contribution in [3.8, 4) is 17.6 Å². The van der Waals surface area contributed by atoms with E-state index in [2.05, 4.69) is 11.8 Å². The Labute approximate surface area is 127 Å². The van der Waals surface area contributed by atoms with Gasteiger partial charge < -0.3 is 19.3 Å². The van der Waals surface area contributed by atoms with Crippen molar-refractivity contribution in [1.29, 1.82) is 0 Å². The highest BCUT2D eigenvalue weighted by molar-refractivity contribution is 5.45. The molecule has 4 nitrogen and oxygen atoms in total. The van der Waals surface area contributed by atoms with Gasteiger partial charge in [-0.1, -0.05) is 11.8 Å². The van der Waals surface area contributed by atoms with E-state index in [1.54, 1.807) is 7.11 Å². The van der Waals surface area contributed by atoms with E-state index < -0.39 is 0 Å². The minimum Gasteiger partial charge on any atom is -0.497 e. The first kappa shape index (κ1) is 17.5. The van der Waals surface area contributed by atoms with Crippen LogP contribution in [-0.2, 0) is 16.1 Å². The molecule has 0 spiro atoms. The van der Waals surface area contributed by atoms with Gasteiger partial charge in [0.1, 0.15) is 5.75 Å². The molecule has 1 aromatic rings. The monoisotopic (exact) mass is 292 g/mol. The first-order valence-corrected chi connectivity index (χ1v) is 7.13. The van der Waals surface area contributed by atoms with E-state index in [9.17, 15) is 0 Å². The number of methoxy groups -OCH3 is 1. The van der Waals surface area contributed by atoms with Crippen LogP contribution in [-0.4, -0.2) is 38.1 Å². The van der Waals surface area contributed by atoms with Gasteiger partial charge in [0.2, 0.25) is 0 Å². The average Bonchev–Trinajstić information content (AvgIpc) is 2.48. The highest BCUT2D eigenvalue weighted by Gasteiger charge is 2.03. The molecule has 0 heterocycles. The van der Waals surface area contributed by atoms with Gasteiger partial charge in [0.15, 0.2) is 0 Å². The van der Waals surface area contributed by atoms with E-state index in [0.717, 1.165) is 16.9 Å². The normalized spacial score (nSPS) is 10.3. The molecule has 0 bridgehead atoms. The first-order chi connectivity index (χ1) is 10.2. The van der Waals surface area contributed by atoms with Gasteiger partial charge in [-0.3, -0.25) is 0 Å². The number of aliphatic hydroxyl groups excluding tert-OH is 1. The number of rotatable bonds is 8. The molecule has 116 valence electrons. The zero-order valence-electron chi connectivity index (χ0n) is 13.0. The van der Waals surface area contributed by atoms with Crippen molar-refractivity contribution < 1.29 is 19.3 Å². The minimum absolute atomic E-state index is 0.0710. The molecule has 0 unspecified atom stereocenters. The van der Waals surface area contributed by atoms with Crippen LogP contribution < -0.4 is 4.74 Å². The fourth-order valence-corrected chi connectivity index (χ4v) is 1.68. The van der Waals surface area contributed by atoms with E-state index in [1.807, 2.05) is 32.0 Å². The number of aliphatic hydroxyl groups is 1. The van der Waals surface area contributed by atoms with Crippen LogP contribution in [0.1, 0.15) is 31.4 Å². The standard InChI is InChI=1S/C17H24O4/c1-14(2)21-11-10-20-13-16-12-17(19-3)8-7-15(16)6-4-5-9-18/h7-8,12,14,18H,5,9-11,13H2,1-3H3. The van der Waals surface area contributed by atoms with Gasteiger partial charge in [0, 0.05) is 12.0 Å². The first-order valence-electron chi connectivity index (χ1n) is 7.13. The quantitative estimate of drug-likeness (QED) is 0.590. The summed E-state index contributed by atoms with van der Waals surface area (Å²) in [5, 5.41) is 8.78. The Hall–Kier alpha value is -1.54. The summed E-state index contributed by atoms with van der Waals surface area (Å²) in [7, 11) is 1.63. The molecule has 1 rings (SSSR count). The third-order valence-electron chi connectivity index (χ3n) is 2.71. The summed E-state index contributed by atoms with van der Waals surface area (Å²) in [6, 6.07) is 5.70. The van der Waals surface area contributed by atoms with Crippen LogP contribution >= 0.6 is 0 Å². The van der Waals surface area contributed by atoms with Crippen LogP contribution in [0.3, 0.4) is 0 Å². The molecule has 1 aromatic carbocycles. The minimum atomic E-state index is 0.0710. The zero-order chi connectivity index (χ0) is 15.5. The summed E-state index contributed by atoms with van der Waals surface area (Å²) >= 11 is 0. The third-order valence-corrected chi connectivity index (χ3v) is 2.71. The van der Waals surface area contributed by atoms with Gasteiger partial charge >= 0.3 is 0 Å². The number of ether oxygens (including phenoxy) is 3. The lowest BCUT2D eigenvalue weighted by Crippen LogP contribution is -2.09. The lowest BCUT2D eigenvalue weighted by molar-refractivity contribution is 0.0142. The van der Waals surface area contributed by atoms with Crippen LogP contribution in [0.2, 0.25) is 0 Å². The van der Waals surface area contributed by atoms with Crippen LogP contribution in [0.5, 0.6) is 5.75 Å². The Kier molecular flexibility index (Phi) is 8.53. The molecular formula is C17H24O4. The van der Waals surface area contributed by atoms with E-state index in [0.29, 0.717) is 26.2 Å². The Morgan fingerprint density at radius 2 is 2.05 bits per heavy atom. The lowest BCUT2D eigenvalue weighted by Gasteiger charge is -2.10. The fourth-order valence-electron chi connectivity index (χ4n) is 1.68. The molecule has 0 radical (unpaired) electrons. The van der Waals surface area contributed by atoms with Gasteiger partial charge in [-0.25, -0.2) is 0 Å². The largest absolute Gasteiger partial charge is 0.497 e.